The van der Waals surface area contributed by atoms with Gasteiger partial charge >= 0.3 is 0 Å². The highest BCUT2D eigenvalue weighted by Crippen LogP contribution is 2.17. The van der Waals surface area contributed by atoms with Crippen LogP contribution >= 0.6 is 0 Å². The van der Waals surface area contributed by atoms with Gasteiger partial charge < -0.3 is 5.73 Å². The van der Waals surface area contributed by atoms with Crippen molar-refractivity contribution in [2.45, 2.75) is 45.2 Å². The van der Waals surface area contributed by atoms with Crippen LogP contribution in [0.15, 0.2) is 24.3 Å². The van der Waals surface area contributed by atoms with Gasteiger partial charge in [0.2, 0.25) is 0 Å². The van der Waals surface area contributed by atoms with Gasteiger partial charge in [-0.25, -0.2) is 0 Å². The molecule has 0 atom stereocenters. The molecule has 2 heteroatoms. The summed E-state index contributed by atoms with van der Waals surface area (Å²) in [7, 11) is 0. The molecule has 0 saturated carbocycles. The minimum absolute atomic E-state index is 0.426. The van der Waals surface area contributed by atoms with Gasteiger partial charge in [-0.05, 0) is 43.0 Å². The zero-order valence-corrected chi connectivity index (χ0v) is 11.0. The van der Waals surface area contributed by atoms with Crippen LogP contribution in [-0.2, 0) is 6.54 Å². The van der Waals surface area contributed by atoms with Crippen molar-refractivity contribution < 1.29 is 0 Å². The Hall–Kier alpha value is -0.860. The zero-order chi connectivity index (χ0) is 12.3. The van der Waals surface area contributed by atoms with E-state index in [0.29, 0.717) is 12.0 Å². The molecule has 0 spiro atoms. The maximum atomic E-state index is 5.92. The third-order valence-electron chi connectivity index (χ3n) is 3.68. The number of benzene rings is 1. The van der Waals surface area contributed by atoms with Gasteiger partial charge in [0.25, 0.3) is 0 Å². The number of rotatable bonds is 3. The maximum absolute atomic E-state index is 5.92. The molecule has 2 rings (SSSR count). The molecule has 0 aliphatic carbocycles. The first kappa shape index (κ1) is 12.6. The van der Waals surface area contributed by atoms with Crippen molar-refractivity contribution in [2.24, 2.45) is 5.73 Å². The Morgan fingerprint density at radius 2 is 1.76 bits per heavy atom. The third-order valence-corrected chi connectivity index (χ3v) is 3.68. The van der Waals surface area contributed by atoms with Gasteiger partial charge in [-0.1, -0.05) is 38.1 Å². The third kappa shape index (κ3) is 3.55. The number of nitrogens with two attached hydrogens (primary N) is 1. The lowest BCUT2D eigenvalue weighted by Crippen LogP contribution is -2.39. The molecule has 1 aromatic rings. The monoisotopic (exact) mass is 232 g/mol. The SMILES string of the molecule is CC(C)c1ccc(CN2CCC(N)CC2)cc1. The molecule has 0 bridgehead atoms. The summed E-state index contributed by atoms with van der Waals surface area (Å²) in [6, 6.07) is 9.48. The van der Waals surface area contributed by atoms with Crippen molar-refractivity contribution in [1.82, 2.24) is 4.90 Å². The molecule has 1 fully saturated rings. The Bertz CT molecular complexity index is 334. The lowest BCUT2D eigenvalue weighted by atomic mass is 10.0. The van der Waals surface area contributed by atoms with E-state index in [1.165, 1.54) is 11.1 Å². The van der Waals surface area contributed by atoms with E-state index in [-0.39, 0.29) is 0 Å². The van der Waals surface area contributed by atoms with Crippen LogP contribution in [0.3, 0.4) is 0 Å². The van der Waals surface area contributed by atoms with E-state index >= 15 is 0 Å². The van der Waals surface area contributed by atoms with Crippen LogP contribution in [0.25, 0.3) is 0 Å². The Morgan fingerprint density at radius 3 is 2.29 bits per heavy atom. The van der Waals surface area contributed by atoms with Crippen molar-refractivity contribution in [3.05, 3.63) is 35.4 Å². The summed E-state index contributed by atoms with van der Waals surface area (Å²) in [4.78, 5) is 2.51. The lowest BCUT2D eigenvalue weighted by molar-refractivity contribution is 0.205. The quantitative estimate of drug-likeness (QED) is 0.868. The minimum atomic E-state index is 0.426. The molecular weight excluding hydrogens is 208 g/mol. The van der Waals surface area contributed by atoms with Crippen molar-refractivity contribution in [2.75, 3.05) is 13.1 Å². The van der Waals surface area contributed by atoms with Crippen LogP contribution in [0, 0.1) is 0 Å². The summed E-state index contributed by atoms with van der Waals surface area (Å²) in [6.07, 6.45) is 2.29. The van der Waals surface area contributed by atoms with E-state index in [2.05, 4.69) is 43.0 Å². The molecule has 0 aromatic heterocycles. The molecular formula is C15H24N2. The molecule has 0 radical (unpaired) electrons. The van der Waals surface area contributed by atoms with Gasteiger partial charge in [-0.3, -0.25) is 4.90 Å². The Balaban J connectivity index is 1.90. The number of hydrogen-bond acceptors (Lipinski definition) is 2. The van der Waals surface area contributed by atoms with Crippen LogP contribution in [0.5, 0.6) is 0 Å². The van der Waals surface area contributed by atoms with Crippen molar-refractivity contribution in [3.8, 4) is 0 Å². The molecule has 0 unspecified atom stereocenters. The van der Waals surface area contributed by atoms with Gasteiger partial charge in [0, 0.05) is 12.6 Å². The standard InChI is InChI=1S/C15H24N2/c1-12(2)14-5-3-13(4-6-14)11-17-9-7-15(16)8-10-17/h3-6,12,15H,7-11,16H2,1-2H3. The van der Waals surface area contributed by atoms with Crippen LogP contribution in [0.4, 0.5) is 0 Å². The second-order valence-corrected chi connectivity index (χ2v) is 5.51. The van der Waals surface area contributed by atoms with Crippen LogP contribution in [0.1, 0.15) is 43.7 Å². The second kappa shape index (κ2) is 5.65. The second-order valence-electron chi connectivity index (χ2n) is 5.51. The number of hydrogen-bond donors (Lipinski definition) is 1. The van der Waals surface area contributed by atoms with Crippen molar-refractivity contribution in [1.29, 1.82) is 0 Å². The van der Waals surface area contributed by atoms with Crippen molar-refractivity contribution >= 4 is 0 Å². The van der Waals surface area contributed by atoms with Gasteiger partial charge in [0.15, 0.2) is 0 Å². The summed E-state index contributed by atoms with van der Waals surface area (Å²) in [5.41, 5.74) is 8.76. The maximum Gasteiger partial charge on any atom is 0.0233 e. The zero-order valence-electron chi connectivity index (χ0n) is 11.0. The van der Waals surface area contributed by atoms with Gasteiger partial charge in [-0.2, -0.15) is 0 Å². The molecule has 1 saturated heterocycles. The molecule has 94 valence electrons. The van der Waals surface area contributed by atoms with Crippen LogP contribution in [-0.4, -0.2) is 24.0 Å². The normalized spacial score (nSPS) is 18.8. The molecule has 0 amide bonds. The van der Waals surface area contributed by atoms with Gasteiger partial charge in [0.1, 0.15) is 0 Å². The summed E-state index contributed by atoms with van der Waals surface area (Å²) in [6.45, 7) is 7.84. The van der Waals surface area contributed by atoms with Gasteiger partial charge in [0.05, 0.1) is 0 Å². The Labute approximate surface area is 105 Å². The fraction of sp³-hybridized carbons (Fsp3) is 0.600. The van der Waals surface area contributed by atoms with Crippen molar-refractivity contribution in [3.63, 3.8) is 0 Å². The molecule has 1 aromatic carbocycles. The summed E-state index contributed by atoms with van der Waals surface area (Å²) < 4.78 is 0. The molecule has 2 nitrogen and oxygen atoms in total. The van der Waals surface area contributed by atoms with E-state index in [1.54, 1.807) is 0 Å². The van der Waals surface area contributed by atoms with E-state index in [0.717, 1.165) is 32.5 Å². The smallest absolute Gasteiger partial charge is 0.0233 e. The molecule has 1 aliphatic heterocycles. The number of nitrogens with zero attached hydrogens (tertiary/aromatic N) is 1. The highest BCUT2D eigenvalue weighted by Gasteiger charge is 2.15. The van der Waals surface area contributed by atoms with E-state index in [1.807, 2.05) is 0 Å². The van der Waals surface area contributed by atoms with Crippen LogP contribution in [0.2, 0.25) is 0 Å². The summed E-state index contributed by atoms with van der Waals surface area (Å²) in [5, 5.41) is 0. The lowest BCUT2D eigenvalue weighted by Gasteiger charge is -2.30. The molecule has 2 N–H and O–H groups in total. The average Bonchev–Trinajstić information content (AvgIpc) is 2.33. The van der Waals surface area contributed by atoms with Gasteiger partial charge in [-0.15, -0.1) is 0 Å². The fourth-order valence-corrected chi connectivity index (χ4v) is 2.38. The molecule has 1 aliphatic rings. The molecule has 1 heterocycles. The highest BCUT2D eigenvalue weighted by molar-refractivity contribution is 5.24. The predicted octanol–water partition coefficient (Wildman–Crippen LogP) is 2.73. The largest absolute Gasteiger partial charge is 0.328 e. The van der Waals surface area contributed by atoms with E-state index < -0.39 is 0 Å². The Morgan fingerprint density at radius 1 is 1.18 bits per heavy atom. The first-order chi connectivity index (χ1) is 8.15. The Kier molecular flexibility index (Phi) is 4.19. The highest BCUT2D eigenvalue weighted by atomic mass is 15.1. The molecule has 17 heavy (non-hydrogen) atoms. The summed E-state index contributed by atoms with van der Waals surface area (Å²) in [5.74, 6) is 0.622. The van der Waals surface area contributed by atoms with E-state index in [4.69, 9.17) is 5.73 Å². The first-order valence-corrected chi connectivity index (χ1v) is 6.72. The fourth-order valence-electron chi connectivity index (χ4n) is 2.38. The summed E-state index contributed by atoms with van der Waals surface area (Å²) >= 11 is 0. The number of piperidine rings is 1. The number of likely N-dealkylation sites (tertiary alicyclic amines) is 1. The topological polar surface area (TPSA) is 29.3 Å². The van der Waals surface area contributed by atoms with Crippen LogP contribution < -0.4 is 5.73 Å². The van der Waals surface area contributed by atoms with E-state index in [9.17, 15) is 0 Å². The predicted molar refractivity (Wildman–Crippen MR) is 73.0 cm³/mol. The first-order valence-electron chi connectivity index (χ1n) is 6.72. The average molecular weight is 232 g/mol. The minimum Gasteiger partial charge on any atom is -0.328 e.